The van der Waals surface area contributed by atoms with E-state index in [0.717, 1.165) is 5.56 Å². The Morgan fingerprint density at radius 1 is 1.14 bits per heavy atom. The van der Waals surface area contributed by atoms with E-state index in [-0.39, 0.29) is 11.5 Å². The molecular formula is C27H28ClN3O4S. The molecule has 4 rings (SSSR count). The van der Waals surface area contributed by atoms with Gasteiger partial charge < -0.3 is 14.4 Å². The molecule has 0 saturated carbocycles. The predicted molar refractivity (Wildman–Crippen MR) is 143 cm³/mol. The molecule has 0 aliphatic carbocycles. The van der Waals surface area contributed by atoms with Crippen molar-refractivity contribution in [3.05, 3.63) is 89.6 Å². The van der Waals surface area contributed by atoms with Gasteiger partial charge in [-0.05, 0) is 62.7 Å². The summed E-state index contributed by atoms with van der Waals surface area (Å²) < 4.78 is 13.3. The van der Waals surface area contributed by atoms with Gasteiger partial charge in [0, 0.05) is 23.7 Å². The van der Waals surface area contributed by atoms with Gasteiger partial charge in [-0.1, -0.05) is 35.1 Å². The van der Waals surface area contributed by atoms with E-state index in [0.29, 0.717) is 55.8 Å². The lowest BCUT2D eigenvalue weighted by Gasteiger charge is -2.30. The second-order valence-electron chi connectivity index (χ2n) is 8.22. The molecule has 0 saturated heterocycles. The maximum Gasteiger partial charge on any atom is 0.271 e. The number of hydrogen-bond acceptors (Lipinski definition) is 6. The van der Waals surface area contributed by atoms with Crippen molar-refractivity contribution in [2.24, 2.45) is 4.99 Å². The molecule has 3 aromatic rings. The molecule has 0 radical (unpaired) electrons. The minimum Gasteiger partial charge on any atom is -0.497 e. The minimum absolute atomic E-state index is 0.164. The maximum atomic E-state index is 13.8. The largest absolute Gasteiger partial charge is 0.497 e. The third-order valence-corrected chi connectivity index (χ3v) is 7.44. The van der Waals surface area contributed by atoms with Crippen LogP contribution >= 0.6 is 22.9 Å². The highest BCUT2D eigenvalue weighted by Gasteiger charge is 2.36. The van der Waals surface area contributed by atoms with Crippen LogP contribution in [0.15, 0.2) is 63.5 Å². The van der Waals surface area contributed by atoms with Gasteiger partial charge in [0.05, 0.1) is 30.0 Å². The Morgan fingerprint density at radius 3 is 2.44 bits per heavy atom. The van der Waals surface area contributed by atoms with Crippen LogP contribution in [-0.2, 0) is 4.79 Å². The first-order valence-corrected chi connectivity index (χ1v) is 12.8. The number of fused-ring (bicyclic) bond motifs is 1. The standard InChI is InChI=1S/C27H28ClN3O4S/c1-6-30(7-2)26(33)23-16(3)29-27-31(24(23)20-15-19(34-4)12-13-21(20)35-5)25(32)22(36-27)14-17-8-10-18(28)11-9-17/h8-15,24H,6-7H2,1-5H3/b22-14+/t24-/m0/s1. The highest BCUT2D eigenvalue weighted by Crippen LogP contribution is 2.38. The monoisotopic (exact) mass is 525 g/mol. The van der Waals surface area contributed by atoms with Gasteiger partial charge in [-0.2, -0.15) is 0 Å². The van der Waals surface area contributed by atoms with E-state index >= 15 is 0 Å². The van der Waals surface area contributed by atoms with Gasteiger partial charge in [0.2, 0.25) is 0 Å². The fraction of sp³-hybridized carbons (Fsp3) is 0.296. The number of carbonyl (C=O) groups excluding carboxylic acids is 1. The molecular weight excluding hydrogens is 498 g/mol. The van der Waals surface area contributed by atoms with Crippen molar-refractivity contribution in [2.45, 2.75) is 26.8 Å². The number of likely N-dealkylation sites (N-methyl/N-ethyl adjacent to an activating group) is 1. The number of halogens is 1. The highest BCUT2D eigenvalue weighted by atomic mass is 35.5. The first-order valence-electron chi connectivity index (χ1n) is 11.6. The molecule has 2 heterocycles. The predicted octanol–water partition coefficient (Wildman–Crippen LogP) is 3.77. The summed E-state index contributed by atoms with van der Waals surface area (Å²) in [6, 6.07) is 11.9. The maximum absolute atomic E-state index is 13.8. The van der Waals surface area contributed by atoms with Gasteiger partial charge in [0.15, 0.2) is 4.80 Å². The first-order chi connectivity index (χ1) is 17.3. The molecule has 1 amide bonds. The Kier molecular flexibility index (Phi) is 7.66. The number of nitrogens with zero attached hydrogens (tertiary/aromatic N) is 3. The third kappa shape index (κ3) is 4.70. The molecule has 0 unspecified atom stereocenters. The van der Waals surface area contributed by atoms with E-state index in [2.05, 4.69) is 0 Å². The van der Waals surface area contributed by atoms with E-state index < -0.39 is 6.04 Å². The van der Waals surface area contributed by atoms with Crippen molar-refractivity contribution in [3.63, 3.8) is 0 Å². The van der Waals surface area contributed by atoms with Gasteiger partial charge in [0.1, 0.15) is 17.5 Å². The SMILES string of the molecule is CCN(CC)C(=O)C1=C(C)N=c2s/c(=C/c3ccc(Cl)cc3)c(=O)n2[C@H]1c1cc(OC)ccc1OC. The molecule has 1 aliphatic rings. The van der Waals surface area contributed by atoms with E-state index in [1.807, 2.05) is 45.0 Å². The van der Waals surface area contributed by atoms with Crippen molar-refractivity contribution in [2.75, 3.05) is 27.3 Å². The van der Waals surface area contributed by atoms with Gasteiger partial charge >= 0.3 is 0 Å². The van der Waals surface area contributed by atoms with Crippen LogP contribution in [0, 0.1) is 0 Å². The molecule has 0 spiro atoms. The van der Waals surface area contributed by atoms with E-state index in [9.17, 15) is 9.59 Å². The van der Waals surface area contributed by atoms with Crippen LogP contribution in [-0.4, -0.2) is 42.7 Å². The van der Waals surface area contributed by atoms with Crippen LogP contribution in [0.1, 0.15) is 37.9 Å². The van der Waals surface area contributed by atoms with Crippen LogP contribution in [0.25, 0.3) is 6.08 Å². The highest BCUT2D eigenvalue weighted by molar-refractivity contribution is 7.07. The zero-order valence-corrected chi connectivity index (χ0v) is 22.4. The van der Waals surface area contributed by atoms with Gasteiger partial charge in [0.25, 0.3) is 11.5 Å². The topological polar surface area (TPSA) is 73.1 Å². The lowest BCUT2D eigenvalue weighted by molar-refractivity contribution is -0.127. The van der Waals surface area contributed by atoms with Crippen molar-refractivity contribution in [3.8, 4) is 11.5 Å². The van der Waals surface area contributed by atoms with Gasteiger partial charge in [-0.3, -0.25) is 14.2 Å². The van der Waals surface area contributed by atoms with E-state index in [4.69, 9.17) is 26.1 Å². The number of methoxy groups -OCH3 is 2. The van der Waals surface area contributed by atoms with Crippen molar-refractivity contribution in [1.82, 2.24) is 9.47 Å². The van der Waals surface area contributed by atoms with Crippen LogP contribution in [0.4, 0.5) is 0 Å². The molecule has 188 valence electrons. The summed E-state index contributed by atoms with van der Waals surface area (Å²) in [7, 11) is 3.14. The molecule has 0 bridgehead atoms. The molecule has 0 fully saturated rings. The Labute approximate surface area is 218 Å². The van der Waals surface area contributed by atoms with Gasteiger partial charge in [-0.15, -0.1) is 0 Å². The Hall–Kier alpha value is -3.36. The normalized spacial score (nSPS) is 15.4. The molecule has 1 aromatic heterocycles. The average Bonchev–Trinajstić information content (AvgIpc) is 3.18. The quantitative estimate of drug-likeness (QED) is 0.470. The van der Waals surface area contributed by atoms with Crippen LogP contribution < -0.4 is 24.4 Å². The average molecular weight is 526 g/mol. The lowest BCUT2D eigenvalue weighted by atomic mass is 9.93. The number of carbonyl (C=O) groups is 1. The summed E-state index contributed by atoms with van der Waals surface area (Å²) in [5.41, 5.74) is 2.27. The summed E-state index contributed by atoms with van der Waals surface area (Å²) in [4.78, 5) is 34.6. The lowest BCUT2D eigenvalue weighted by Crippen LogP contribution is -2.43. The van der Waals surface area contributed by atoms with Gasteiger partial charge in [-0.25, -0.2) is 4.99 Å². The van der Waals surface area contributed by atoms with Crippen LogP contribution in [0.5, 0.6) is 11.5 Å². The zero-order valence-electron chi connectivity index (χ0n) is 20.9. The Morgan fingerprint density at radius 2 is 1.83 bits per heavy atom. The Bertz CT molecular complexity index is 1500. The zero-order chi connectivity index (χ0) is 26.0. The number of aromatic nitrogens is 1. The summed E-state index contributed by atoms with van der Waals surface area (Å²) in [6.07, 6.45) is 1.81. The fourth-order valence-electron chi connectivity index (χ4n) is 4.33. The molecule has 0 N–H and O–H groups in total. The molecule has 1 aliphatic heterocycles. The summed E-state index contributed by atoms with van der Waals surface area (Å²) in [5.74, 6) is 0.981. The molecule has 1 atom stereocenters. The summed E-state index contributed by atoms with van der Waals surface area (Å²) >= 11 is 7.31. The number of benzene rings is 2. The summed E-state index contributed by atoms with van der Waals surface area (Å²) in [5, 5.41) is 0.619. The summed E-state index contributed by atoms with van der Waals surface area (Å²) in [6.45, 7) is 6.75. The number of amides is 1. The van der Waals surface area contributed by atoms with Crippen LogP contribution in [0.3, 0.4) is 0 Å². The van der Waals surface area contributed by atoms with E-state index in [1.165, 1.54) is 11.3 Å². The van der Waals surface area contributed by atoms with Crippen molar-refractivity contribution >= 4 is 34.9 Å². The second kappa shape index (κ2) is 10.7. The first kappa shape index (κ1) is 25.7. The Balaban J connectivity index is 2.02. The third-order valence-electron chi connectivity index (χ3n) is 6.20. The van der Waals surface area contributed by atoms with Crippen molar-refractivity contribution in [1.29, 1.82) is 0 Å². The number of thiazole rings is 1. The minimum atomic E-state index is -0.730. The number of hydrogen-bond donors (Lipinski definition) is 0. The van der Waals surface area contributed by atoms with E-state index in [1.54, 1.807) is 48.0 Å². The smallest absolute Gasteiger partial charge is 0.271 e. The number of rotatable bonds is 7. The molecule has 9 heteroatoms. The van der Waals surface area contributed by atoms with Crippen molar-refractivity contribution < 1.29 is 14.3 Å². The second-order valence-corrected chi connectivity index (χ2v) is 9.66. The fourth-order valence-corrected chi connectivity index (χ4v) is 5.51. The number of allylic oxidation sites excluding steroid dienone is 1. The molecule has 2 aromatic carbocycles. The number of ether oxygens (including phenoxy) is 2. The van der Waals surface area contributed by atoms with Crippen LogP contribution in [0.2, 0.25) is 5.02 Å². The molecule has 36 heavy (non-hydrogen) atoms. The molecule has 7 nitrogen and oxygen atoms in total.